The van der Waals surface area contributed by atoms with E-state index in [0.29, 0.717) is 17.9 Å². The van der Waals surface area contributed by atoms with Gasteiger partial charge in [-0.05, 0) is 37.0 Å². The van der Waals surface area contributed by atoms with E-state index in [1.165, 1.54) is 26.4 Å². The van der Waals surface area contributed by atoms with Gasteiger partial charge in [0.1, 0.15) is 11.5 Å². The zero-order valence-corrected chi connectivity index (χ0v) is 13.9. The highest BCUT2D eigenvalue weighted by atomic mass is 16.5. The van der Waals surface area contributed by atoms with Crippen molar-refractivity contribution in [1.29, 1.82) is 0 Å². The van der Waals surface area contributed by atoms with Gasteiger partial charge in [-0.2, -0.15) is 0 Å². The van der Waals surface area contributed by atoms with Gasteiger partial charge in [-0.25, -0.2) is 0 Å². The van der Waals surface area contributed by atoms with Gasteiger partial charge >= 0.3 is 0 Å². The van der Waals surface area contributed by atoms with E-state index in [1.807, 2.05) is 0 Å². The van der Waals surface area contributed by atoms with Crippen LogP contribution in [0.2, 0.25) is 0 Å². The molecule has 5 nitrogen and oxygen atoms in total. The molecule has 124 valence electrons. The Morgan fingerprint density at radius 1 is 1.00 bits per heavy atom. The quantitative estimate of drug-likeness (QED) is 0.872. The third-order valence-corrected chi connectivity index (χ3v) is 3.95. The zero-order valence-electron chi connectivity index (χ0n) is 13.9. The van der Waals surface area contributed by atoms with Crippen LogP contribution < -0.4 is 9.47 Å². The average Bonchev–Trinajstić information content (AvgIpc) is 2.54. The first-order chi connectivity index (χ1) is 10.9. The van der Waals surface area contributed by atoms with Crippen LogP contribution >= 0.6 is 0 Å². The lowest BCUT2D eigenvalue weighted by molar-refractivity contribution is 0.0987. The van der Waals surface area contributed by atoms with Crippen LogP contribution in [-0.4, -0.2) is 30.9 Å². The molecular weight excluding hydrogens is 296 g/mol. The van der Waals surface area contributed by atoms with Crippen molar-refractivity contribution in [3.8, 4) is 11.5 Å². The van der Waals surface area contributed by atoms with Crippen LogP contribution in [0.4, 0.5) is 0 Å². The Labute approximate surface area is 135 Å². The normalized spacial score (nSPS) is 14.9. The van der Waals surface area contributed by atoms with Crippen molar-refractivity contribution in [3.05, 3.63) is 34.9 Å². The van der Waals surface area contributed by atoms with Crippen LogP contribution in [0.5, 0.6) is 11.5 Å². The minimum absolute atomic E-state index is 0.165. The molecule has 0 aromatic heterocycles. The number of methoxy groups -OCH3 is 2. The second-order valence-corrected chi connectivity index (χ2v) is 6.00. The van der Waals surface area contributed by atoms with Crippen molar-refractivity contribution >= 4 is 11.6 Å². The number of ketones is 2. The number of rotatable bonds is 6. The summed E-state index contributed by atoms with van der Waals surface area (Å²) in [5, 5.41) is 10.5. The van der Waals surface area contributed by atoms with E-state index in [0.717, 1.165) is 6.42 Å². The molecule has 1 atom stereocenters. The van der Waals surface area contributed by atoms with Crippen molar-refractivity contribution in [2.45, 2.75) is 32.8 Å². The first-order valence-corrected chi connectivity index (χ1v) is 7.64. The van der Waals surface area contributed by atoms with E-state index < -0.39 is 6.10 Å². The molecule has 0 saturated carbocycles. The van der Waals surface area contributed by atoms with E-state index in [-0.39, 0.29) is 34.2 Å². The standard InChI is InChI=1S/C18H22O5/c1-10(2)5-6-12(19)11-9-15(22-3)16-13(20)7-8-14(21)17(16)18(11)23-4/h7-10,12,19H,5-6H2,1-4H3. The summed E-state index contributed by atoms with van der Waals surface area (Å²) >= 11 is 0. The Morgan fingerprint density at radius 2 is 1.61 bits per heavy atom. The van der Waals surface area contributed by atoms with E-state index >= 15 is 0 Å². The van der Waals surface area contributed by atoms with E-state index in [2.05, 4.69) is 13.8 Å². The third-order valence-electron chi connectivity index (χ3n) is 3.95. The number of carbonyl (C=O) groups excluding carboxylic acids is 2. The van der Waals surface area contributed by atoms with Gasteiger partial charge in [-0.15, -0.1) is 0 Å². The molecule has 1 aliphatic carbocycles. The van der Waals surface area contributed by atoms with Gasteiger partial charge in [0.05, 0.1) is 31.5 Å². The van der Waals surface area contributed by atoms with E-state index in [9.17, 15) is 14.7 Å². The fraction of sp³-hybridized carbons (Fsp3) is 0.444. The number of ether oxygens (including phenoxy) is 2. The Morgan fingerprint density at radius 3 is 2.13 bits per heavy atom. The van der Waals surface area contributed by atoms with Crippen LogP contribution in [-0.2, 0) is 0 Å². The highest BCUT2D eigenvalue weighted by Gasteiger charge is 2.31. The van der Waals surface area contributed by atoms with Gasteiger partial charge in [-0.1, -0.05) is 13.8 Å². The molecule has 0 radical (unpaired) electrons. The number of aliphatic hydroxyl groups is 1. The molecule has 0 spiro atoms. The van der Waals surface area contributed by atoms with Gasteiger partial charge in [0.15, 0.2) is 11.6 Å². The maximum absolute atomic E-state index is 12.3. The summed E-state index contributed by atoms with van der Waals surface area (Å²) in [7, 11) is 2.86. The monoisotopic (exact) mass is 318 g/mol. The molecule has 1 unspecified atom stereocenters. The predicted molar refractivity (Wildman–Crippen MR) is 86.4 cm³/mol. The van der Waals surface area contributed by atoms with Crippen LogP contribution in [0, 0.1) is 5.92 Å². The van der Waals surface area contributed by atoms with Gasteiger partial charge in [0, 0.05) is 5.56 Å². The van der Waals surface area contributed by atoms with Gasteiger partial charge in [-0.3, -0.25) is 9.59 Å². The van der Waals surface area contributed by atoms with Crippen molar-refractivity contribution < 1.29 is 24.2 Å². The molecule has 1 aliphatic rings. The van der Waals surface area contributed by atoms with E-state index in [4.69, 9.17) is 9.47 Å². The predicted octanol–water partition coefficient (Wildman–Crippen LogP) is 3.11. The second-order valence-electron chi connectivity index (χ2n) is 6.00. The summed E-state index contributed by atoms with van der Waals surface area (Å²) < 4.78 is 10.6. The molecular formula is C18H22O5. The number of benzene rings is 1. The first-order valence-electron chi connectivity index (χ1n) is 7.64. The zero-order chi connectivity index (χ0) is 17.1. The summed E-state index contributed by atoms with van der Waals surface area (Å²) in [4.78, 5) is 24.4. The molecule has 0 saturated heterocycles. The highest BCUT2D eigenvalue weighted by Crippen LogP contribution is 2.41. The van der Waals surface area contributed by atoms with Crippen molar-refractivity contribution in [1.82, 2.24) is 0 Å². The lowest BCUT2D eigenvalue weighted by Crippen LogP contribution is -2.17. The fourth-order valence-electron chi connectivity index (χ4n) is 2.73. The molecule has 2 rings (SSSR count). The van der Waals surface area contributed by atoms with Crippen molar-refractivity contribution in [3.63, 3.8) is 0 Å². The Hall–Kier alpha value is -2.14. The lowest BCUT2D eigenvalue weighted by Gasteiger charge is -2.22. The van der Waals surface area contributed by atoms with Crippen LogP contribution in [0.1, 0.15) is 59.1 Å². The molecule has 23 heavy (non-hydrogen) atoms. The fourth-order valence-corrected chi connectivity index (χ4v) is 2.73. The largest absolute Gasteiger partial charge is 0.496 e. The molecule has 1 aromatic carbocycles. The molecule has 0 aliphatic heterocycles. The number of hydrogen-bond acceptors (Lipinski definition) is 5. The van der Waals surface area contributed by atoms with Crippen molar-refractivity contribution in [2.24, 2.45) is 5.92 Å². The molecule has 0 fully saturated rings. The molecule has 0 amide bonds. The van der Waals surface area contributed by atoms with Crippen molar-refractivity contribution in [2.75, 3.05) is 14.2 Å². The SMILES string of the molecule is COc1cc(C(O)CCC(C)C)c(OC)c2c1C(=O)C=CC2=O. The molecule has 1 N–H and O–H groups in total. The van der Waals surface area contributed by atoms with E-state index in [1.54, 1.807) is 6.07 Å². The summed E-state index contributed by atoms with van der Waals surface area (Å²) in [6, 6.07) is 1.59. The molecule has 0 heterocycles. The Bertz CT molecular complexity index is 658. The number of aliphatic hydroxyl groups excluding tert-OH is 1. The lowest BCUT2D eigenvalue weighted by atomic mass is 9.88. The molecule has 0 bridgehead atoms. The van der Waals surface area contributed by atoms with Crippen LogP contribution in [0.25, 0.3) is 0 Å². The van der Waals surface area contributed by atoms with Crippen LogP contribution in [0.15, 0.2) is 18.2 Å². The third kappa shape index (κ3) is 3.29. The summed E-state index contributed by atoms with van der Waals surface area (Å²) in [6.07, 6.45) is 3.02. The van der Waals surface area contributed by atoms with Crippen LogP contribution in [0.3, 0.4) is 0 Å². The average molecular weight is 318 g/mol. The summed E-state index contributed by atoms with van der Waals surface area (Å²) in [6.45, 7) is 4.15. The number of hydrogen-bond donors (Lipinski definition) is 1. The highest BCUT2D eigenvalue weighted by molar-refractivity contribution is 6.24. The maximum Gasteiger partial charge on any atom is 0.190 e. The smallest absolute Gasteiger partial charge is 0.190 e. The Balaban J connectivity index is 2.59. The van der Waals surface area contributed by atoms with Gasteiger partial charge in [0.2, 0.25) is 0 Å². The molecule has 1 aromatic rings. The van der Waals surface area contributed by atoms with Gasteiger partial charge < -0.3 is 14.6 Å². The molecule has 5 heteroatoms. The minimum Gasteiger partial charge on any atom is -0.496 e. The second kappa shape index (κ2) is 6.96. The number of allylic oxidation sites excluding steroid dienone is 2. The summed E-state index contributed by atoms with van der Waals surface area (Å²) in [5.41, 5.74) is 0.829. The minimum atomic E-state index is -0.791. The van der Waals surface area contributed by atoms with Gasteiger partial charge in [0.25, 0.3) is 0 Å². The Kier molecular flexibility index (Phi) is 5.21. The topological polar surface area (TPSA) is 72.8 Å². The maximum atomic E-state index is 12.3. The number of carbonyl (C=O) groups is 2. The first kappa shape index (κ1) is 17.2. The summed E-state index contributed by atoms with van der Waals surface area (Å²) in [5.74, 6) is 0.341. The number of fused-ring (bicyclic) bond motifs is 1.